The summed E-state index contributed by atoms with van der Waals surface area (Å²) in [5.41, 5.74) is 4.31. The summed E-state index contributed by atoms with van der Waals surface area (Å²) in [6.45, 7) is 6.11. The Morgan fingerprint density at radius 3 is 2.23 bits per heavy atom. The van der Waals surface area contributed by atoms with Crippen LogP contribution in [0.1, 0.15) is 43.7 Å². The number of phenols is 1. The molecule has 2 aromatic carbocycles. The molecule has 0 aliphatic heterocycles. The molecule has 0 fully saturated rings. The van der Waals surface area contributed by atoms with Crippen LogP contribution in [0.25, 0.3) is 11.1 Å². The van der Waals surface area contributed by atoms with Gasteiger partial charge in [0.2, 0.25) is 0 Å². The molecule has 1 atom stereocenters. The maximum atomic E-state index is 11.7. The van der Waals surface area contributed by atoms with Gasteiger partial charge in [-0.05, 0) is 47.2 Å². The van der Waals surface area contributed by atoms with Crippen molar-refractivity contribution in [2.45, 2.75) is 32.6 Å². The highest BCUT2D eigenvalue weighted by atomic mass is 16.5. The predicted molar refractivity (Wildman–Crippen MR) is 88.1 cm³/mol. The maximum Gasteiger partial charge on any atom is 0.312 e. The second kappa shape index (κ2) is 6.65. The second-order valence-corrected chi connectivity index (χ2v) is 5.79. The number of phenolic OH excluding ortho intramolecular Hbond substituents is 1. The monoisotopic (exact) mass is 298 g/mol. The molecule has 2 aromatic rings. The first kappa shape index (κ1) is 16.1. The fraction of sp³-hybridized carbons (Fsp3) is 0.316. The van der Waals surface area contributed by atoms with Crippen LogP contribution < -0.4 is 0 Å². The van der Waals surface area contributed by atoms with E-state index in [0.29, 0.717) is 5.92 Å². The van der Waals surface area contributed by atoms with Crippen LogP contribution in [-0.2, 0) is 9.53 Å². The summed E-state index contributed by atoms with van der Waals surface area (Å²) in [7, 11) is 1.41. The van der Waals surface area contributed by atoms with Gasteiger partial charge in [0.15, 0.2) is 0 Å². The van der Waals surface area contributed by atoms with Crippen LogP contribution in [-0.4, -0.2) is 18.2 Å². The molecule has 0 spiro atoms. The molecule has 3 heteroatoms. The van der Waals surface area contributed by atoms with Crippen LogP contribution in [0.2, 0.25) is 0 Å². The lowest BCUT2D eigenvalue weighted by atomic mass is 9.88. The Kier molecular flexibility index (Phi) is 4.86. The molecule has 0 aromatic heterocycles. The van der Waals surface area contributed by atoms with E-state index in [4.69, 9.17) is 4.74 Å². The topological polar surface area (TPSA) is 46.5 Å². The van der Waals surface area contributed by atoms with Gasteiger partial charge in [-0.25, -0.2) is 0 Å². The number of carbonyl (C=O) groups is 1. The molecule has 22 heavy (non-hydrogen) atoms. The van der Waals surface area contributed by atoms with Crippen molar-refractivity contribution >= 4 is 5.97 Å². The maximum absolute atomic E-state index is 11.7. The summed E-state index contributed by atoms with van der Waals surface area (Å²) in [6.07, 6.45) is 0. The highest BCUT2D eigenvalue weighted by Gasteiger charge is 2.18. The van der Waals surface area contributed by atoms with Gasteiger partial charge in [-0.15, -0.1) is 0 Å². The van der Waals surface area contributed by atoms with Crippen molar-refractivity contribution in [1.29, 1.82) is 0 Å². The molecule has 2 rings (SSSR count). The minimum absolute atomic E-state index is 0.230. The molecule has 0 saturated heterocycles. The van der Waals surface area contributed by atoms with Crippen molar-refractivity contribution in [3.05, 3.63) is 53.6 Å². The lowest BCUT2D eigenvalue weighted by molar-refractivity contribution is -0.141. The summed E-state index contributed by atoms with van der Waals surface area (Å²) in [4.78, 5) is 11.7. The molecule has 3 nitrogen and oxygen atoms in total. The Bertz CT molecular complexity index is 657. The number of esters is 1. The Hall–Kier alpha value is -2.29. The Labute approximate surface area is 131 Å². The zero-order valence-electron chi connectivity index (χ0n) is 13.5. The third kappa shape index (κ3) is 3.30. The van der Waals surface area contributed by atoms with E-state index >= 15 is 0 Å². The molecular weight excluding hydrogens is 276 g/mol. The third-order valence-corrected chi connectivity index (χ3v) is 3.93. The van der Waals surface area contributed by atoms with Crippen LogP contribution in [0, 0.1) is 0 Å². The first-order valence-electron chi connectivity index (χ1n) is 7.45. The van der Waals surface area contributed by atoms with Crippen molar-refractivity contribution in [2.75, 3.05) is 7.11 Å². The van der Waals surface area contributed by atoms with Gasteiger partial charge in [-0.2, -0.15) is 0 Å². The van der Waals surface area contributed by atoms with E-state index in [1.165, 1.54) is 12.7 Å². The third-order valence-electron chi connectivity index (χ3n) is 3.93. The highest BCUT2D eigenvalue weighted by Crippen LogP contribution is 2.33. The van der Waals surface area contributed by atoms with Crippen LogP contribution >= 0.6 is 0 Å². The quantitative estimate of drug-likeness (QED) is 0.848. The first-order chi connectivity index (χ1) is 10.4. The molecule has 0 saturated carbocycles. The van der Waals surface area contributed by atoms with Crippen molar-refractivity contribution in [3.63, 3.8) is 0 Å². The lowest BCUT2D eigenvalue weighted by Crippen LogP contribution is -2.11. The van der Waals surface area contributed by atoms with Crippen molar-refractivity contribution in [3.8, 4) is 16.9 Å². The smallest absolute Gasteiger partial charge is 0.312 e. The number of rotatable bonds is 4. The zero-order chi connectivity index (χ0) is 16.3. The van der Waals surface area contributed by atoms with E-state index in [1.807, 2.05) is 31.2 Å². The first-order valence-corrected chi connectivity index (χ1v) is 7.45. The molecule has 0 heterocycles. The van der Waals surface area contributed by atoms with Gasteiger partial charge in [-0.3, -0.25) is 4.79 Å². The van der Waals surface area contributed by atoms with Gasteiger partial charge in [-0.1, -0.05) is 44.2 Å². The molecule has 0 amide bonds. The van der Waals surface area contributed by atoms with Crippen molar-refractivity contribution in [2.24, 2.45) is 0 Å². The fourth-order valence-electron chi connectivity index (χ4n) is 2.54. The van der Waals surface area contributed by atoms with Gasteiger partial charge < -0.3 is 9.84 Å². The van der Waals surface area contributed by atoms with E-state index in [-0.39, 0.29) is 17.6 Å². The molecule has 1 unspecified atom stereocenters. The lowest BCUT2D eigenvalue weighted by Gasteiger charge is -2.17. The van der Waals surface area contributed by atoms with E-state index in [2.05, 4.69) is 19.9 Å². The number of methoxy groups -OCH3 is 1. The predicted octanol–water partition coefficient (Wildman–Crippen LogP) is 4.46. The largest absolute Gasteiger partial charge is 0.508 e. The van der Waals surface area contributed by atoms with E-state index < -0.39 is 0 Å². The number of aromatic hydroxyl groups is 1. The van der Waals surface area contributed by atoms with Crippen LogP contribution in [0.5, 0.6) is 5.75 Å². The Morgan fingerprint density at radius 1 is 1.05 bits per heavy atom. The normalized spacial score (nSPS) is 12.2. The number of hydrogen-bond acceptors (Lipinski definition) is 3. The zero-order valence-corrected chi connectivity index (χ0v) is 13.5. The van der Waals surface area contributed by atoms with Crippen molar-refractivity contribution in [1.82, 2.24) is 0 Å². The van der Waals surface area contributed by atoms with Gasteiger partial charge in [0, 0.05) is 0 Å². The minimum Gasteiger partial charge on any atom is -0.508 e. The Morgan fingerprint density at radius 2 is 1.68 bits per heavy atom. The van der Waals surface area contributed by atoms with Gasteiger partial charge in [0.25, 0.3) is 0 Å². The van der Waals surface area contributed by atoms with Crippen LogP contribution in [0.4, 0.5) is 0 Å². The van der Waals surface area contributed by atoms with Gasteiger partial charge in [0.1, 0.15) is 5.75 Å². The minimum atomic E-state index is -0.281. The summed E-state index contributed by atoms with van der Waals surface area (Å²) < 4.78 is 4.83. The SMILES string of the molecule is COC(=O)C(C)c1ccc(-c2ccc(O)cc2)c(C(C)C)c1. The molecule has 116 valence electrons. The van der Waals surface area contributed by atoms with E-state index in [9.17, 15) is 9.90 Å². The van der Waals surface area contributed by atoms with Crippen molar-refractivity contribution < 1.29 is 14.6 Å². The molecule has 0 aliphatic rings. The molecular formula is C19H22O3. The molecule has 0 aliphatic carbocycles. The average Bonchev–Trinajstić information content (AvgIpc) is 2.53. The Balaban J connectivity index is 2.48. The number of hydrogen-bond donors (Lipinski definition) is 1. The summed E-state index contributed by atoms with van der Waals surface area (Å²) in [5.74, 6) is 0.0721. The summed E-state index contributed by atoms with van der Waals surface area (Å²) >= 11 is 0. The van der Waals surface area contributed by atoms with Crippen LogP contribution in [0.3, 0.4) is 0 Å². The number of benzene rings is 2. The van der Waals surface area contributed by atoms with E-state index in [0.717, 1.165) is 16.7 Å². The molecule has 1 N–H and O–H groups in total. The number of ether oxygens (including phenoxy) is 1. The van der Waals surface area contributed by atoms with E-state index in [1.54, 1.807) is 12.1 Å². The van der Waals surface area contributed by atoms with Gasteiger partial charge in [0.05, 0.1) is 13.0 Å². The van der Waals surface area contributed by atoms with Gasteiger partial charge >= 0.3 is 5.97 Å². The molecule has 0 bridgehead atoms. The fourth-order valence-corrected chi connectivity index (χ4v) is 2.54. The summed E-state index contributed by atoms with van der Waals surface area (Å²) in [6, 6.07) is 13.3. The average molecular weight is 298 g/mol. The second-order valence-electron chi connectivity index (χ2n) is 5.79. The highest BCUT2D eigenvalue weighted by molar-refractivity contribution is 5.78. The van der Waals surface area contributed by atoms with Crippen LogP contribution in [0.15, 0.2) is 42.5 Å². The summed E-state index contributed by atoms with van der Waals surface area (Å²) in [5, 5.41) is 9.44. The standard InChI is InChI=1S/C19H22O3/c1-12(2)18-11-15(13(3)19(21)22-4)7-10-17(18)14-5-8-16(20)9-6-14/h5-13,20H,1-4H3. The number of carbonyl (C=O) groups excluding carboxylic acids is 1. The molecule has 0 radical (unpaired) electrons.